The molecule has 0 fully saturated rings. The van der Waals surface area contributed by atoms with Gasteiger partial charge in [-0.1, -0.05) is 13.0 Å². The van der Waals surface area contributed by atoms with Crippen LogP contribution in [0.4, 0.5) is 18.9 Å². The number of benzene rings is 1. The minimum Gasteiger partial charge on any atom is -0.503 e. The third-order valence-electron chi connectivity index (χ3n) is 4.09. The second kappa shape index (κ2) is 6.36. The molecule has 1 aromatic carbocycles. The van der Waals surface area contributed by atoms with Crippen LogP contribution in [-0.2, 0) is 15.8 Å². The molecule has 1 aliphatic rings. The van der Waals surface area contributed by atoms with Gasteiger partial charge >= 0.3 is 6.18 Å². The molecule has 1 N–H and O–H groups in total. The van der Waals surface area contributed by atoms with Crippen molar-refractivity contribution in [1.29, 1.82) is 0 Å². The van der Waals surface area contributed by atoms with Crippen molar-refractivity contribution in [2.24, 2.45) is 0 Å². The predicted molar refractivity (Wildman–Crippen MR) is 85.3 cm³/mol. The van der Waals surface area contributed by atoms with Crippen molar-refractivity contribution in [2.75, 3.05) is 4.90 Å². The van der Waals surface area contributed by atoms with Crippen LogP contribution in [0.2, 0.25) is 0 Å². The number of carbonyl (C=O) groups excluding carboxylic acids is 2. The Kier molecular flexibility index (Phi) is 4.35. The number of nitrogens with zero attached hydrogens (tertiary/aromatic N) is 1. The summed E-state index contributed by atoms with van der Waals surface area (Å²) in [6, 6.07) is 6.00. The number of carbonyl (C=O) groups is 2. The topological polar surface area (TPSA) is 70.8 Å². The van der Waals surface area contributed by atoms with E-state index in [0.717, 1.165) is 23.1 Å². The fourth-order valence-electron chi connectivity index (χ4n) is 2.89. The summed E-state index contributed by atoms with van der Waals surface area (Å²) in [5.41, 5.74) is -1.24. The van der Waals surface area contributed by atoms with E-state index >= 15 is 0 Å². The van der Waals surface area contributed by atoms with Crippen molar-refractivity contribution in [3.63, 3.8) is 0 Å². The summed E-state index contributed by atoms with van der Waals surface area (Å²) in [5.74, 6) is -2.07. The standard InChI is InChI=1S/C18H14F3NO4/c1-2-12(23)14-15(13-7-4-8-26-13)22(17(25)16(14)24)11-6-3-5-10(9-11)18(19,20)21/h3-9,15,24H,2H2,1H3. The molecule has 0 aliphatic carbocycles. The number of furan rings is 1. The summed E-state index contributed by atoms with van der Waals surface area (Å²) in [7, 11) is 0. The Morgan fingerprint density at radius 3 is 2.58 bits per heavy atom. The van der Waals surface area contributed by atoms with Gasteiger partial charge in [0.15, 0.2) is 11.5 Å². The molecule has 5 nitrogen and oxygen atoms in total. The Bertz CT molecular complexity index is 884. The number of rotatable bonds is 4. The zero-order valence-electron chi connectivity index (χ0n) is 13.6. The Balaban J connectivity index is 2.15. The summed E-state index contributed by atoms with van der Waals surface area (Å²) in [5, 5.41) is 10.2. The number of hydrogen-bond donors (Lipinski definition) is 1. The first-order chi connectivity index (χ1) is 12.3. The summed E-state index contributed by atoms with van der Waals surface area (Å²) >= 11 is 0. The number of amides is 1. The number of anilines is 1. The Labute approximate surface area is 146 Å². The van der Waals surface area contributed by atoms with Crippen molar-refractivity contribution >= 4 is 17.4 Å². The molecule has 0 radical (unpaired) electrons. The van der Waals surface area contributed by atoms with Gasteiger partial charge in [0.1, 0.15) is 11.8 Å². The fourth-order valence-corrected chi connectivity index (χ4v) is 2.89. The van der Waals surface area contributed by atoms with Crippen LogP contribution in [0.25, 0.3) is 0 Å². The van der Waals surface area contributed by atoms with Crippen LogP contribution >= 0.6 is 0 Å². The van der Waals surface area contributed by atoms with Crippen LogP contribution in [-0.4, -0.2) is 16.8 Å². The lowest BCUT2D eigenvalue weighted by atomic mass is 9.99. The van der Waals surface area contributed by atoms with E-state index in [9.17, 15) is 27.9 Å². The number of aliphatic hydroxyl groups excluding tert-OH is 1. The van der Waals surface area contributed by atoms with Gasteiger partial charge in [0.05, 0.1) is 17.4 Å². The van der Waals surface area contributed by atoms with Crippen molar-refractivity contribution in [3.05, 3.63) is 65.3 Å². The number of alkyl halides is 3. The molecule has 0 saturated carbocycles. The average molecular weight is 365 g/mol. The van der Waals surface area contributed by atoms with Crippen molar-refractivity contribution in [3.8, 4) is 0 Å². The van der Waals surface area contributed by atoms with Crippen molar-refractivity contribution < 1.29 is 32.3 Å². The maximum Gasteiger partial charge on any atom is 0.416 e. The average Bonchev–Trinajstić information content (AvgIpc) is 3.21. The third kappa shape index (κ3) is 2.87. The van der Waals surface area contributed by atoms with Gasteiger partial charge in [-0.25, -0.2) is 0 Å². The molecule has 2 heterocycles. The van der Waals surface area contributed by atoms with Gasteiger partial charge < -0.3 is 9.52 Å². The Morgan fingerprint density at radius 2 is 2.00 bits per heavy atom. The van der Waals surface area contributed by atoms with Gasteiger partial charge in [-0.15, -0.1) is 0 Å². The SMILES string of the molecule is CCC(=O)C1=C(O)C(=O)N(c2cccc(C(F)(F)F)c2)C1c1ccco1. The molecule has 1 amide bonds. The largest absolute Gasteiger partial charge is 0.503 e. The highest BCUT2D eigenvalue weighted by molar-refractivity contribution is 6.16. The van der Waals surface area contributed by atoms with E-state index in [0.29, 0.717) is 0 Å². The summed E-state index contributed by atoms with van der Waals surface area (Å²) in [6.07, 6.45) is -3.27. The van der Waals surface area contributed by atoms with Gasteiger partial charge in [-0.3, -0.25) is 14.5 Å². The maximum absolute atomic E-state index is 13.0. The van der Waals surface area contributed by atoms with E-state index in [1.165, 1.54) is 24.5 Å². The maximum atomic E-state index is 13.0. The highest BCUT2D eigenvalue weighted by Crippen LogP contribution is 2.42. The Morgan fingerprint density at radius 1 is 1.27 bits per heavy atom. The summed E-state index contributed by atoms with van der Waals surface area (Å²) < 4.78 is 44.3. The Hall–Kier alpha value is -3.03. The van der Waals surface area contributed by atoms with Crippen molar-refractivity contribution in [1.82, 2.24) is 0 Å². The number of halogens is 3. The first-order valence-corrected chi connectivity index (χ1v) is 7.76. The van der Waals surface area contributed by atoms with Crippen LogP contribution in [0.3, 0.4) is 0 Å². The van der Waals surface area contributed by atoms with E-state index in [4.69, 9.17) is 4.42 Å². The van der Waals surface area contributed by atoms with Gasteiger partial charge in [0, 0.05) is 12.1 Å². The highest BCUT2D eigenvalue weighted by Gasteiger charge is 2.45. The molecule has 26 heavy (non-hydrogen) atoms. The zero-order chi connectivity index (χ0) is 19.1. The van der Waals surface area contributed by atoms with Gasteiger partial charge in [0.2, 0.25) is 0 Å². The molecule has 1 aromatic heterocycles. The van der Waals surface area contributed by atoms with Crippen LogP contribution in [0.15, 0.2) is 58.4 Å². The van der Waals surface area contributed by atoms with Crippen LogP contribution in [0.1, 0.15) is 30.7 Å². The highest BCUT2D eigenvalue weighted by atomic mass is 19.4. The number of ketones is 1. The molecule has 1 atom stereocenters. The molecular weight excluding hydrogens is 351 g/mol. The zero-order valence-corrected chi connectivity index (χ0v) is 13.6. The first kappa shape index (κ1) is 17.8. The van der Waals surface area contributed by atoms with Crippen molar-refractivity contribution in [2.45, 2.75) is 25.6 Å². The molecular formula is C18H14F3NO4. The van der Waals surface area contributed by atoms with E-state index in [-0.39, 0.29) is 23.4 Å². The van der Waals surface area contributed by atoms with Gasteiger partial charge in [-0.05, 0) is 30.3 Å². The quantitative estimate of drug-likeness (QED) is 0.883. The van der Waals surface area contributed by atoms with E-state index < -0.39 is 35.2 Å². The number of hydrogen-bond acceptors (Lipinski definition) is 4. The van der Waals surface area contributed by atoms with Crippen LogP contribution in [0.5, 0.6) is 0 Å². The summed E-state index contributed by atoms with van der Waals surface area (Å²) in [6.45, 7) is 1.55. The molecule has 1 aliphatic heterocycles. The minimum absolute atomic E-state index is 0.0142. The van der Waals surface area contributed by atoms with Crippen LogP contribution in [0, 0.1) is 0 Å². The second-order valence-corrected chi connectivity index (χ2v) is 5.68. The number of aliphatic hydroxyl groups is 1. The second-order valence-electron chi connectivity index (χ2n) is 5.68. The third-order valence-corrected chi connectivity index (χ3v) is 4.09. The van der Waals surface area contributed by atoms with Gasteiger partial charge in [0.25, 0.3) is 5.91 Å². The van der Waals surface area contributed by atoms with E-state index in [2.05, 4.69) is 0 Å². The molecule has 8 heteroatoms. The summed E-state index contributed by atoms with van der Waals surface area (Å²) in [4.78, 5) is 25.7. The molecule has 0 spiro atoms. The molecule has 0 saturated heterocycles. The molecule has 136 valence electrons. The lowest BCUT2D eigenvalue weighted by molar-refractivity contribution is -0.137. The van der Waals surface area contributed by atoms with E-state index in [1.807, 2.05) is 0 Å². The van der Waals surface area contributed by atoms with E-state index in [1.54, 1.807) is 6.92 Å². The normalized spacial score (nSPS) is 17.9. The van der Waals surface area contributed by atoms with Crippen LogP contribution < -0.4 is 4.90 Å². The lowest BCUT2D eigenvalue weighted by Crippen LogP contribution is -2.31. The van der Waals surface area contributed by atoms with Gasteiger partial charge in [-0.2, -0.15) is 13.2 Å². The molecule has 3 rings (SSSR count). The fraction of sp³-hybridized carbons (Fsp3) is 0.222. The minimum atomic E-state index is -4.60. The predicted octanol–water partition coefficient (Wildman–Crippen LogP) is 4.18. The smallest absolute Gasteiger partial charge is 0.416 e. The number of Topliss-reactive ketones (excluding diaryl/α,β-unsaturated/α-hetero) is 1. The molecule has 0 bridgehead atoms. The molecule has 1 unspecified atom stereocenters. The lowest BCUT2D eigenvalue weighted by Gasteiger charge is -2.25. The monoisotopic (exact) mass is 365 g/mol. The molecule has 2 aromatic rings. The first-order valence-electron chi connectivity index (χ1n) is 7.76.